The van der Waals surface area contributed by atoms with Crippen LogP contribution in [-0.4, -0.2) is 29.5 Å². The van der Waals surface area contributed by atoms with Crippen molar-refractivity contribution in [1.29, 1.82) is 0 Å². The minimum atomic E-state index is 0.643. The number of hydrogen-bond donors (Lipinski definition) is 1. The van der Waals surface area contributed by atoms with E-state index < -0.39 is 0 Å². The molecule has 7 heteroatoms. The van der Waals surface area contributed by atoms with Gasteiger partial charge in [0.15, 0.2) is 5.65 Å². The van der Waals surface area contributed by atoms with Crippen LogP contribution in [0.1, 0.15) is 22.5 Å². The topological polar surface area (TPSA) is 73.5 Å². The molecule has 1 N–H and O–H groups in total. The molecule has 0 aliphatic rings. The summed E-state index contributed by atoms with van der Waals surface area (Å²) in [6.07, 6.45) is 3.34. The molecule has 0 radical (unpaired) electrons. The molecule has 0 aliphatic carbocycles. The van der Waals surface area contributed by atoms with Crippen LogP contribution in [-0.2, 0) is 13.6 Å². The molecular weight excluding hydrogens is 326 g/mol. The molecule has 4 aromatic rings. The highest BCUT2D eigenvalue weighted by Gasteiger charge is 2.15. The molecule has 26 heavy (non-hydrogen) atoms. The average Bonchev–Trinajstić information content (AvgIpc) is 3.15. The number of anilines is 1. The Hall–Kier alpha value is -3.22. The lowest BCUT2D eigenvalue weighted by Crippen LogP contribution is -2.05. The molecule has 0 saturated heterocycles. The second-order valence-corrected chi connectivity index (χ2v) is 6.43. The Kier molecular flexibility index (Phi) is 3.91. The van der Waals surface area contributed by atoms with Crippen molar-refractivity contribution in [2.75, 3.05) is 5.32 Å². The number of hydrogen-bond acceptors (Lipinski definition) is 5. The highest BCUT2D eigenvalue weighted by Crippen LogP contribution is 2.23. The number of para-hydroxylation sites is 1. The van der Waals surface area contributed by atoms with Crippen LogP contribution < -0.4 is 5.32 Å². The summed E-state index contributed by atoms with van der Waals surface area (Å²) in [5.74, 6) is 0.783. The number of nitrogens with one attached hydrogen (secondary N) is 1. The summed E-state index contributed by atoms with van der Waals surface area (Å²) in [6.45, 7) is 6.88. The summed E-state index contributed by atoms with van der Waals surface area (Å²) in [7, 11) is 1.87. The molecule has 0 amide bonds. The van der Waals surface area contributed by atoms with E-state index >= 15 is 0 Å². The Morgan fingerprint density at radius 3 is 2.69 bits per heavy atom. The molecular formula is C19H21N7. The third kappa shape index (κ3) is 2.61. The van der Waals surface area contributed by atoms with E-state index in [0.717, 1.165) is 33.9 Å². The zero-order valence-corrected chi connectivity index (χ0v) is 15.4. The number of benzene rings is 1. The monoisotopic (exact) mass is 347 g/mol. The molecule has 1 aromatic carbocycles. The van der Waals surface area contributed by atoms with E-state index in [-0.39, 0.29) is 0 Å². The molecule has 0 atom stereocenters. The maximum absolute atomic E-state index is 4.75. The standard InChI is InChI=1S/C19H21N7/c1-12-7-5-6-8-17(12)26-14(3)15(13(2)24-26)9-20-18-16-10-23-25(4)19(16)22-11-21-18/h5-8,10-11H,9H2,1-4H3,(H,20,21,22). The summed E-state index contributed by atoms with van der Waals surface area (Å²) in [5, 5.41) is 13.3. The Labute approximate surface area is 151 Å². The lowest BCUT2D eigenvalue weighted by Gasteiger charge is -2.09. The van der Waals surface area contributed by atoms with Gasteiger partial charge in [0, 0.05) is 24.8 Å². The fraction of sp³-hybridized carbons (Fsp3) is 0.263. The van der Waals surface area contributed by atoms with E-state index in [1.165, 1.54) is 11.1 Å². The van der Waals surface area contributed by atoms with Gasteiger partial charge in [-0.15, -0.1) is 0 Å². The van der Waals surface area contributed by atoms with Crippen LogP contribution in [0, 0.1) is 20.8 Å². The number of fused-ring (bicyclic) bond motifs is 1. The summed E-state index contributed by atoms with van der Waals surface area (Å²) < 4.78 is 3.76. The molecule has 0 fully saturated rings. The van der Waals surface area contributed by atoms with E-state index in [1.807, 2.05) is 30.8 Å². The van der Waals surface area contributed by atoms with Gasteiger partial charge in [-0.05, 0) is 32.4 Å². The van der Waals surface area contributed by atoms with Crippen LogP contribution in [0.3, 0.4) is 0 Å². The van der Waals surface area contributed by atoms with Crippen LogP contribution in [0.25, 0.3) is 16.7 Å². The van der Waals surface area contributed by atoms with Crippen molar-refractivity contribution in [3.63, 3.8) is 0 Å². The molecule has 0 spiro atoms. The van der Waals surface area contributed by atoms with E-state index in [2.05, 4.69) is 46.4 Å². The van der Waals surface area contributed by atoms with E-state index in [0.29, 0.717) is 6.54 Å². The largest absolute Gasteiger partial charge is 0.365 e. The van der Waals surface area contributed by atoms with Gasteiger partial charge in [-0.1, -0.05) is 18.2 Å². The Bertz CT molecular complexity index is 1090. The molecule has 3 aromatic heterocycles. The van der Waals surface area contributed by atoms with Crippen molar-refractivity contribution < 1.29 is 0 Å². The zero-order valence-electron chi connectivity index (χ0n) is 15.4. The Morgan fingerprint density at radius 1 is 1.08 bits per heavy atom. The number of nitrogens with zero attached hydrogens (tertiary/aromatic N) is 6. The maximum atomic E-state index is 4.75. The van der Waals surface area contributed by atoms with Crippen molar-refractivity contribution >= 4 is 16.9 Å². The summed E-state index contributed by atoms with van der Waals surface area (Å²) in [5.41, 5.74) is 6.42. The lowest BCUT2D eigenvalue weighted by atomic mass is 10.1. The van der Waals surface area contributed by atoms with Gasteiger partial charge in [0.05, 0.1) is 23.0 Å². The summed E-state index contributed by atoms with van der Waals surface area (Å²) in [6, 6.07) is 8.28. The minimum absolute atomic E-state index is 0.643. The van der Waals surface area contributed by atoms with Gasteiger partial charge in [-0.25, -0.2) is 14.6 Å². The van der Waals surface area contributed by atoms with Crippen molar-refractivity contribution in [3.05, 3.63) is 59.3 Å². The second-order valence-electron chi connectivity index (χ2n) is 6.43. The van der Waals surface area contributed by atoms with E-state index in [4.69, 9.17) is 5.10 Å². The van der Waals surface area contributed by atoms with Gasteiger partial charge in [0.25, 0.3) is 0 Å². The first-order chi connectivity index (χ1) is 12.6. The van der Waals surface area contributed by atoms with E-state index in [9.17, 15) is 0 Å². The minimum Gasteiger partial charge on any atom is -0.365 e. The van der Waals surface area contributed by atoms with Crippen LogP contribution in [0.2, 0.25) is 0 Å². The molecule has 4 rings (SSSR count). The Morgan fingerprint density at radius 2 is 1.88 bits per heavy atom. The van der Waals surface area contributed by atoms with Crippen molar-refractivity contribution in [2.45, 2.75) is 27.3 Å². The van der Waals surface area contributed by atoms with Gasteiger partial charge >= 0.3 is 0 Å². The van der Waals surface area contributed by atoms with Crippen LogP contribution in [0.15, 0.2) is 36.8 Å². The fourth-order valence-electron chi connectivity index (χ4n) is 3.24. The first-order valence-electron chi connectivity index (χ1n) is 8.54. The number of aromatic nitrogens is 6. The van der Waals surface area contributed by atoms with Crippen molar-refractivity contribution in [1.82, 2.24) is 29.5 Å². The normalized spacial score (nSPS) is 11.2. The average molecular weight is 347 g/mol. The molecule has 0 aliphatic heterocycles. The smallest absolute Gasteiger partial charge is 0.163 e. The molecule has 0 unspecified atom stereocenters. The second kappa shape index (κ2) is 6.25. The molecule has 7 nitrogen and oxygen atoms in total. The highest BCUT2D eigenvalue weighted by atomic mass is 15.3. The molecule has 0 bridgehead atoms. The number of rotatable bonds is 4. The first kappa shape index (κ1) is 16.3. The van der Waals surface area contributed by atoms with Gasteiger partial charge in [-0.3, -0.25) is 4.68 Å². The van der Waals surface area contributed by atoms with Crippen molar-refractivity contribution in [3.8, 4) is 5.69 Å². The van der Waals surface area contributed by atoms with Gasteiger partial charge in [0.2, 0.25) is 0 Å². The summed E-state index contributed by atoms with van der Waals surface area (Å²) in [4.78, 5) is 8.65. The predicted molar refractivity (Wildman–Crippen MR) is 101 cm³/mol. The van der Waals surface area contributed by atoms with Gasteiger partial charge in [0.1, 0.15) is 12.1 Å². The van der Waals surface area contributed by atoms with Crippen LogP contribution in [0.5, 0.6) is 0 Å². The third-order valence-corrected chi connectivity index (χ3v) is 4.75. The zero-order chi connectivity index (χ0) is 18.3. The Balaban J connectivity index is 1.66. The summed E-state index contributed by atoms with van der Waals surface area (Å²) >= 11 is 0. The lowest BCUT2D eigenvalue weighted by molar-refractivity contribution is 0.785. The molecule has 3 heterocycles. The number of aryl methyl sites for hydroxylation is 3. The van der Waals surface area contributed by atoms with Gasteiger partial charge < -0.3 is 5.32 Å². The molecule has 132 valence electrons. The molecule has 0 saturated carbocycles. The predicted octanol–water partition coefficient (Wildman–Crippen LogP) is 3.09. The van der Waals surface area contributed by atoms with Crippen LogP contribution >= 0.6 is 0 Å². The first-order valence-corrected chi connectivity index (χ1v) is 8.54. The van der Waals surface area contributed by atoms with Gasteiger partial charge in [-0.2, -0.15) is 10.2 Å². The quantitative estimate of drug-likeness (QED) is 0.614. The van der Waals surface area contributed by atoms with Crippen molar-refractivity contribution in [2.24, 2.45) is 7.05 Å². The van der Waals surface area contributed by atoms with Crippen LogP contribution in [0.4, 0.5) is 5.82 Å². The highest BCUT2D eigenvalue weighted by molar-refractivity contribution is 5.85. The SMILES string of the molecule is Cc1ccccc1-n1nc(C)c(CNc2ncnc3c2cnn3C)c1C. The maximum Gasteiger partial charge on any atom is 0.163 e. The fourth-order valence-corrected chi connectivity index (χ4v) is 3.24. The third-order valence-electron chi connectivity index (χ3n) is 4.75. The van der Waals surface area contributed by atoms with E-state index in [1.54, 1.807) is 17.2 Å².